The van der Waals surface area contributed by atoms with Crippen LogP contribution in [0.4, 0.5) is 0 Å². The summed E-state index contributed by atoms with van der Waals surface area (Å²) in [6, 6.07) is 41.6. The molecule has 0 aliphatic heterocycles. The number of hydrogen-bond acceptors (Lipinski definition) is 2. The van der Waals surface area contributed by atoms with Crippen molar-refractivity contribution in [1.82, 2.24) is 9.97 Å². The van der Waals surface area contributed by atoms with Gasteiger partial charge in [0.05, 0.1) is 5.69 Å². The van der Waals surface area contributed by atoms with Gasteiger partial charge in [0.25, 0.3) is 0 Å². The Morgan fingerprint density at radius 3 is 1.90 bits per heavy atom. The topological polar surface area (TPSA) is 25.8 Å². The molecule has 0 saturated heterocycles. The molecular formula is C40H28N2. The summed E-state index contributed by atoms with van der Waals surface area (Å²) in [6.45, 7) is 0. The average Bonchev–Trinajstić information content (AvgIpc) is 3.09. The standard InChI is InChI=1S/C40H28N2/c1-2-12-33(30-22-29(28-10-9-20-41-26-28)23-31(24-30)40-17-7-8-21-42-40)32(11-1)27-18-19-38-36-15-4-3-13-34(36)35-14-5-6-16-37(35)39(38)25-27/h1-26,35,37H. The van der Waals surface area contributed by atoms with Crippen molar-refractivity contribution in [3.63, 3.8) is 0 Å². The minimum atomic E-state index is 0.330. The Bertz CT molecular complexity index is 1930. The van der Waals surface area contributed by atoms with Gasteiger partial charge >= 0.3 is 0 Å². The number of fused-ring (bicyclic) bond motifs is 6. The third-order valence-electron chi connectivity index (χ3n) is 8.59. The van der Waals surface area contributed by atoms with E-state index in [1.54, 1.807) is 0 Å². The van der Waals surface area contributed by atoms with E-state index in [1.807, 2.05) is 36.8 Å². The molecule has 2 heteroatoms. The van der Waals surface area contributed by atoms with Gasteiger partial charge < -0.3 is 0 Å². The second-order valence-electron chi connectivity index (χ2n) is 11.0. The highest BCUT2D eigenvalue weighted by Gasteiger charge is 2.31. The van der Waals surface area contributed by atoms with Crippen molar-refractivity contribution < 1.29 is 0 Å². The van der Waals surface area contributed by atoms with Gasteiger partial charge in [-0.15, -0.1) is 0 Å². The molecule has 4 aromatic carbocycles. The minimum Gasteiger partial charge on any atom is -0.264 e. The number of allylic oxidation sites excluding steroid dienone is 4. The second-order valence-corrected chi connectivity index (χ2v) is 11.0. The third-order valence-corrected chi connectivity index (χ3v) is 8.59. The molecule has 0 spiro atoms. The van der Waals surface area contributed by atoms with E-state index < -0.39 is 0 Å². The summed E-state index contributed by atoms with van der Waals surface area (Å²) in [5, 5.41) is 0. The van der Waals surface area contributed by atoms with Gasteiger partial charge in [-0.05, 0) is 92.5 Å². The van der Waals surface area contributed by atoms with Crippen LogP contribution in [0.3, 0.4) is 0 Å². The van der Waals surface area contributed by atoms with E-state index in [0.29, 0.717) is 11.8 Å². The molecule has 2 nitrogen and oxygen atoms in total. The van der Waals surface area contributed by atoms with Crippen molar-refractivity contribution in [2.45, 2.75) is 11.8 Å². The Hall–Kier alpha value is -5.34. The van der Waals surface area contributed by atoms with Crippen molar-refractivity contribution >= 4 is 0 Å². The fourth-order valence-electron chi connectivity index (χ4n) is 6.64. The number of nitrogens with zero attached hydrogens (tertiary/aromatic N) is 2. The van der Waals surface area contributed by atoms with Crippen LogP contribution in [0.1, 0.15) is 23.0 Å². The van der Waals surface area contributed by atoms with E-state index in [0.717, 1.165) is 27.9 Å². The van der Waals surface area contributed by atoms with E-state index in [4.69, 9.17) is 0 Å². The Kier molecular flexibility index (Phi) is 5.97. The van der Waals surface area contributed by atoms with Gasteiger partial charge in [-0.1, -0.05) is 97.1 Å². The maximum atomic E-state index is 4.68. The SMILES string of the molecule is C1=CC2c3ccccc3-c3ccc(-c4ccccc4-c4cc(-c5cccnc5)cc(-c5ccccn5)c4)cc3C2C=C1. The molecule has 0 radical (unpaired) electrons. The number of hydrogen-bond donors (Lipinski definition) is 0. The zero-order valence-electron chi connectivity index (χ0n) is 23.1. The molecule has 0 N–H and O–H groups in total. The van der Waals surface area contributed by atoms with E-state index in [-0.39, 0.29) is 0 Å². The molecular weight excluding hydrogens is 508 g/mol. The van der Waals surface area contributed by atoms with Crippen LogP contribution >= 0.6 is 0 Å². The smallest absolute Gasteiger partial charge is 0.0702 e. The lowest BCUT2D eigenvalue weighted by Crippen LogP contribution is -2.16. The quantitative estimate of drug-likeness (QED) is 0.224. The fraction of sp³-hybridized carbons (Fsp3) is 0.0500. The van der Waals surface area contributed by atoms with Crippen LogP contribution in [-0.4, -0.2) is 9.97 Å². The van der Waals surface area contributed by atoms with E-state index in [2.05, 4.69) is 131 Å². The van der Waals surface area contributed by atoms with Crippen LogP contribution in [0, 0.1) is 0 Å². The molecule has 2 heterocycles. The molecule has 0 saturated carbocycles. The number of pyridine rings is 2. The maximum absolute atomic E-state index is 4.68. The Morgan fingerprint density at radius 2 is 1.12 bits per heavy atom. The summed E-state index contributed by atoms with van der Waals surface area (Å²) in [6.07, 6.45) is 14.7. The average molecular weight is 537 g/mol. The van der Waals surface area contributed by atoms with Crippen LogP contribution in [0.25, 0.3) is 55.8 Å². The first-order valence-corrected chi connectivity index (χ1v) is 14.5. The molecule has 0 amide bonds. The monoisotopic (exact) mass is 536 g/mol. The van der Waals surface area contributed by atoms with Crippen molar-refractivity contribution in [2.24, 2.45) is 0 Å². The van der Waals surface area contributed by atoms with Crippen LogP contribution < -0.4 is 0 Å². The molecule has 2 aliphatic rings. The van der Waals surface area contributed by atoms with Crippen molar-refractivity contribution in [3.8, 4) is 55.8 Å². The van der Waals surface area contributed by atoms with Gasteiger partial charge in [0.2, 0.25) is 0 Å². The lowest BCUT2D eigenvalue weighted by molar-refractivity contribution is 0.720. The summed E-state index contributed by atoms with van der Waals surface area (Å²) in [7, 11) is 0. The first kappa shape index (κ1) is 24.5. The van der Waals surface area contributed by atoms with Gasteiger partial charge in [-0.25, -0.2) is 0 Å². The molecule has 0 fully saturated rings. The lowest BCUT2D eigenvalue weighted by Gasteiger charge is -2.34. The fourth-order valence-corrected chi connectivity index (χ4v) is 6.64. The van der Waals surface area contributed by atoms with Gasteiger partial charge in [0.1, 0.15) is 0 Å². The normalized spacial score (nSPS) is 16.4. The summed E-state index contributed by atoms with van der Waals surface area (Å²) < 4.78 is 0. The highest BCUT2D eigenvalue weighted by atomic mass is 14.7. The van der Waals surface area contributed by atoms with Gasteiger partial charge in [0, 0.05) is 41.6 Å². The highest BCUT2D eigenvalue weighted by Crippen LogP contribution is 2.50. The molecule has 2 atom stereocenters. The predicted molar refractivity (Wildman–Crippen MR) is 173 cm³/mol. The first-order chi connectivity index (χ1) is 20.8. The summed E-state index contributed by atoms with van der Waals surface area (Å²) in [5.41, 5.74) is 14.6. The first-order valence-electron chi connectivity index (χ1n) is 14.5. The van der Waals surface area contributed by atoms with Crippen molar-refractivity contribution in [3.05, 3.63) is 169 Å². The van der Waals surface area contributed by atoms with Gasteiger partial charge in [-0.3, -0.25) is 9.97 Å². The largest absolute Gasteiger partial charge is 0.264 e. The maximum Gasteiger partial charge on any atom is 0.0702 e. The number of benzene rings is 4. The van der Waals surface area contributed by atoms with Crippen LogP contribution in [0.2, 0.25) is 0 Å². The molecule has 2 unspecified atom stereocenters. The third kappa shape index (κ3) is 4.20. The van der Waals surface area contributed by atoms with Crippen LogP contribution in [0.5, 0.6) is 0 Å². The summed E-state index contributed by atoms with van der Waals surface area (Å²) in [4.78, 5) is 9.07. The molecule has 8 rings (SSSR count). The van der Waals surface area contributed by atoms with Crippen LogP contribution in [0.15, 0.2) is 158 Å². The summed E-state index contributed by atoms with van der Waals surface area (Å²) >= 11 is 0. The van der Waals surface area contributed by atoms with Crippen molar-refractivity contribution in [1.29, 1.82) is 0 Å². The molecule has 42 heavy (non-hydrogen) atoms. The minimum absolute atomic E-state index is 0.330. The zero-order valence-corrected chi connectivity index (χ0v) is 23.1. The van der Waals surface area contributed by atoms with E-state index >= 15 is 0 Å². The molecule has 0 bridgehead atoms. The van der Waals surface area contributed by atoms with Crippen molar-refractivity contribution in [2.75, 3.05) is 0 Å². The Morgan fingerprint density at radius 1 is 0.429 bits per heavy atom. The zero-order chi connectivity index (χ0) is 27.9. The Balaban J connectivity index is 1.30. The predicted octanol–water partition coefficient (Wildman–Crippen LogP) is 10.1. The molecule has 6 aromatic rings. The molecule has 2 aromatic heterocycles. The van der Waals surface area contributed by atoms with E-state index in [9.17, 15) is 0 Å². The van der Waals surface area contributed by atoms with Gasteiger partial charge in [-0.2, -0.15) is 0 Å². The van der Waals surface area contributed by atoms with E-state index in [1.165, 1.54) is 38.9 Å². The second kappa shape index (κ2) is 10.2. The number of rotatable bonds is 4. The molecule has 198 valence electrons. The highest BCUT2D eigenvalue weighted by molar-refractivity contribution is 5.89. The van der Waals surface area contributed by atoms with Crippen LogP contribution in [-0.2, 0) is 0 Å². The molecule has 2 aliphatic carbocycles. The Labute approximate surface area is 246 Å². The lowest BCUT2D eigenvalue weighted by atomic mass is 9.69. The van der Waals surface area contributed by atoms with Gasteiger partial charge in [0.15, 0.2) is 0 Å². The summed E-state index contributed by atoms with van der Waals surface area (Å²) in [5.74, 6) is 0.693. The number of aromatic nitrogens is 2.